The molecule has 0 aromatic rings. The zero-order valence-electron chi connectivity index (χ0n) is 12.3. The lowest BCUT2D eigenvalue weighted by Gasteiger charge is -2.38. The molecular weight excluding hydrogens is 236 g/mol. The van der Waals surface area contributed by atoms with E-state index in [0.717, 1.165) is 38.6 Å². The Hall–Kier alpha value is -0.630. The van der Waals surface area contributed by atoms with E-state index in [2.05, 4.69) is 28.1 Å². The Labute approximate surface area is 117 Å². The second-order valence-corrected chi connectivity index (χ2v) is 5.91. The fourth-order valence-electron chi connectivity index (χ4n) is 3.31. The van der Waals surface area contributed by atoms with Gasteiger partial charge in [0.1, 0.15) is 6.04 Å². The van der Waals surface area contributed by atoms with Gasteiger partial charge in [0.25, 0.3) is 0 Å². The molecule has 2 rings (SSSR count). The maximum absolute atomic E-state index is 9.16. The summed E-state index contributed by atoms with van der Waals surface area (Å²) in [4.78, 5) is 5.12. The largest absolute Gasteiger partial charge is 0.301 e. The zero-order valence-corrected chi connectivity index (χ0v) is 12.3. The normalized spacial score (nSPS) is 24.4. The van der Waals surface area contributed by atoms with Crippen LogP contribution in [0, 0.1) is 11.3 Å². The van der Waals surface area contributed by atoms with Crippen molar-refractivity contribution in [1.82, 2.24) is 15.1 Å². The standard InChI is InChI=1S/C15H28N4/c1-2-7-17-14(12-16)13-18-8-10-19(11-9-18)15-5-3-4-6-15/h14-15,17H,2-11,13H2,1H3. The summed E-state index contributed by atoms with van der Waals surface area (Å²) in [7, 11) is 0. The van der Waals surface area contributed by atoms with Crippen molar-refractivity contribution in [2.24, 2.45) is 0 Å². The van der Waals surface area contributed by atoms with Gasteiger partial charge in [-0.25, -0.2) is 0 Å². The molecule has 108 valence electrons. The minimum Gasteiger partial charge on any atom is -0.301 e. The Balaban J connectivity index is 1.69. The van der Waals surface area contributed by atoms with E-state index >= 15 is 0 Å². The topological polar surface area (TPSA) is 42.3 Å². The van der Waals surface area contributed by atoms with Crippen LogP contribution >= 0.6 is 0 Å². The molecule has 4 nitrogen and oxygen atoms in total. The van der Waals surface area contributed by atoms with Crippen molar-refractivity contribution in [1.29, 1.82) is 5.26 Å². The third kappa shape index (κ3) is 4.45. The van der Waals surface area contributed by atoms with Crippen molar-refractivity contribution in [2.75, 3.05) is 39.3 Å². The van der Waals surface area contributed by atoms with Crippen LogP contribution in [-0.2, 0) is 0 Å². The van der Waals surface area contributed by atoms with Gasteiger partial charge in [0.15, 0.2) is 0 Å². The van der Waals surface area contributed by atoms with Crippen LogP contribution < -0.4 is 5.32 Å². The molecule has 1 N–H and O–H groups in total. The zero-order chi connectivity index (χ0) is 13.5. The van der Waals surface area contributed by atoms with Gasteiger partial charge in [0, 0.05) is 38.8 Å². The predicted molar refractivity (Wildman–Crippen MR) is 78.0 cm³/mol. The Morgan fingerprint density at radius 2 is 1.89 bits per heavy atom. The predicted octanol–water partition coefficient (Wildman–Crippen LogP) is 1.44. The van der Waals surface area contributed by atoms with E-state index in [1.807, 2.05) is 0 Å². The highest BCUT2D eigenvalue weighted by molar-refractivity contribution is 4.93. The molecule has 0 amide bonds. The third-order valence-electron chi connectivity index (χ3n) is 4.49. The number of nitriles is 1. The molecule has 0 radical (unpaired) electrons. The molecule has 0 aromatic heterocycles. The van der Waals surface area contributed by atoms with E-state index in [-0.39, 0.29) is 6.04 Å². The molecule has 4 heteroatoms. The Bertz CT molecular complexity index is 285. The second-order valence-electron chi connectivity index (χ2n) is 5.91. The molecule has 1 aliphatic heterocycles. The minimum absolute atomic E-state index is 0.00187. The fourth-order valence-corrected chi connectivity index (χ4v) is 3.31. The monoisotopic (exact) mass is 264 g/mol. The highest BCUT2D eigenvalue weighted by atomic mass is 15.3. The minimum atomic E-state index is -0.00187. The molecule has 0 bridgehead atoms. The van der Waals surface area contributed by atoms with Gasteiger partial charge in [-0.2, -0.15) is 5.26 Å². The quantitative estimate of drug-likeness (QED) is 0.788. The van der Waals surface area contributed by atoms with E-state index in [1.54, 1.807) is 0 Å². The number of hydrogen-bond acceptors (Lipinski definition) is 4. The maximum atomic E-state index is 9.16. The second kappa shape index (κ2) is 7.84. The number of hydrogen-bond donors (Lipinski definition) is 1. The van der Waals surface area contributed by atoms with Crippen LogP contribution in [0.3, 0.4) is 0 Å². The first-order chi connectivity index (χ1) is 9.33. The van der Waals surface area contributed by atoms with Gasteiger partial charge < -0.3 is 5.32 Å². The summed E-state index contributed by atoms with van der Waals surface area (Å²) in [6.45, 7) is 8.61. The molecular formula is C15H28N4. The van der Waals surface area contributed by atoms with Crippen LogP contribution in [0.5, 0.6) is 0 Å². The summed E-state index contributed by atoms with van der Waals surface area (Å²) >= 11 is 0. The fraction of sp³-hybridized carbons (Fsp3) is 0.933. The molecule has 1 unspecified atom stereocenters. The molecule has 1 heterocycles. The third-order valence-corrected chi connectivity index (χ3v) is 4.49. The first kappa shape index (κ1) is 14.8. The molecule has 1 atom stereocenters. The van der Waals surface area contributed by atoms with E-state index in [4.69, 9.17) is 5.26 Å². The van der Waals surface area contributed by atoms with Gasteiger partial charge in [-0.1, -0.05) is 19.8 Å². The van der Waals surface area contributed by atoms with Gasteiger partial charge >= 0.3 is 0 Å². The molecule has 19 heavy (non-hydrogen) atoms. The van der Waals surface area contributed by atoms with Crippen LogP contribution in [0.2, 0.25) is 0 Å². The van der Waals surface area contributed by atoms with Crippen molar-refractivity contribution in [2.45, 2.75) is 51.1 Å². The van der Waals surface area contributed by atoms with E-state index < -0.39 is 0 Å². The van der Waals surface area contributed by atoms with Crippen molar-refractivity contribution < 1.29 is 0 Å². The Morgan fingerprint density at radius 3 is 2.47 bits per heavy atom. The van der Waals surface area contributed by atoms with Crippen molar-refractivity contribution >= 4 is 0 Å². The van der Waals surface area contributed by atoms with Crippen molar-refractivity contribution in [3.63, 3.8) is 0 Å². The average Bonchev–Trinajstić information content (AvgIpc) is 2.98. The first-order valence-electron chi connectivity index (χ1n) is 7.93. The SMILES string of the molecule is CCCNC(C#N)CN1CCN(C2CCCC2)CC1. The highest BCUT2D eigenvalue weighted by Gasteiger charge is 2.26. The van der Waals surface area contributed by atoms with Gasteiger partial charge in [-0.15, -0.1) is 0 Å². The Morgan fingerprint density at radius 1 is 1.21 bits per heavy atom. The molecule has 2 aliphatic rings. The van der Waals surface area contributed by atoms with Gasteiger partial charge in [-0.05, 0) is 25.8 Å². The van der Waals surface area contributed by atoms with Crippen molar-refractivity contribution in [3.8, 4) is 6.07 Å². The molecule has 1 aliphatic carbocycles. The number of nitrogens with zero attached hydrogens (tertiary/aromatic N) is 3. The smallest absolute Gasteiger partial charge is 0.108 e. The summed E-state index contributed by atoms with van der Waals surface area (Å²) in [6.07, 6.45) is 6.73. The lowest BCUT2D eigenvalue weighted by Crippen LogP contribution is -2.52. The molecule has 0 aromatic carbocycles. The van der Waals surface area contributed by atoms with Crippen LogP contribution in [0.15, 0.2) is 0 Å². The first-order valence-corrected chi connectivity index (χ1v) is 7.93. The average molecular weight is 264 g/mol. The van der Waals surface area contributed by atoms with Gasteiger partial charge in [0.2, 0.25) is 0 Å². The highest BCUT2D eigenvalue weighted by Crippen LogP contribution is 2.24. The summed E-state index contributed by atoms with van der Waals surface area (Å²) in [5.41, 5.74) is 0. The Kier molecular flexibility index (Phi) is 6.09. The van der Waals surface area contributed by atoms with E-state index in [9.17, 15) is 0 Å². The summed E-state index contributed by atoms with van der Waals surface area (Å²) in [5.74, 6) is 0. The number of rotatable bonds is 6. The summed E-state index contributed by atoms with van der Waals surface area (Å²) in [6, 6.07) is 3.24. The molecule has 1 saturated heterocycles. The van der Waals surface area contributed by atoms with Crippen LogP contribution in [0.4, 0.5) is 0 Å². The summed E-state index contributed by atoms with van der Waals surface area (Å²) in [5, 5.41) is 12.5. The number of nitrogens with one attached hydrogen (secondary N) is 1. The lowest BCUT2D eigenvalue weighted by molar-refractivity contribution is 0.0949. The van der Waals surface area contributed by atoms with Crippen LogP contribution in [0.25, 0.3) is 0 Å². The van der Waals surface area contributed by atoms with Crippen LogP contribution in [0.1, 0.15) is 39.0 Å². The molecule has 1 saturated carbocycles. The molecule has 0 spiro atoms. The van der Waals surface area contributed by atoms with Gasteiger partial charge in [-0.3, -0.25) is 9.80 Å². The summed E-state index contributed by atoms with van der Waals surface area (Å²) < 4.78 is 0. The van der Waals surface area contributed by atoms with Crippen LogP contribution in [-0.4, -0.2) is 61.2 Å². The number of piperazine rings is 1. The van der Waals surface area contributed by atoms with E-state index in [0.29, 0.717) is 0 Å². The lowest BCUT2D eigenvalue weighted by atomic mass is 10.1. The molecule has 2 fully saturated rings. The maximum Gasteiger partial charge on any atom is 0.108 e. The van der Waals surface area contributed by atoms with Gasteiger partial charge in [0.05, 0.1) is 6.07 Å². The van der Waals surface area contributed by atoms with E-state index in [1.165, 1.54) is 38.8 Å². The van der Waals surface area contributed by atoms with Crippen molar-refractivity contribution in [3.05, 3.63) is 0 Å².